The Balaban J connectivity index is 0.00000308. The quantitative estimate of drug-likeness (QED) is 0.199. The van der Waals surface area contributed by atoms with Crippen molar-refractivity contribution in [2.45, 2.75) is 32.4 Å². The molecule has 0 amide bonds. The van der Waals surface area contributed by atoms with Crippen LogP contribution in [0.25, 0.3) is 33.7 Å². The number of hydrogen-bond donors (Lipinski definition) is 0. The zero-order valence-corrected chi connectivity index (χ0v) is 23.3. The fraction of sp³-hybridized carbons (Fsp3) is 0.172. The minimum Gasteiger partial charge on any atom is -0.411 e. The van der Waals surface area contributed by atoms with Crippen LogP contribution in [0.1, 0.15) is 36.4 Å². The molecule has 0 radical (unpaired) electrons. The minimum absolute atomic E-state index is 0. The molecule has 2 aromatic carbocycles. The van der Waals surface area contributed by atoms with Crippen LogP contribution in [0.4, 0.5) is 13.2 Å². The van der Waals surface area contributed by atoms with Crippen LogP contribution in [0.2, 0.25) is 0 Å². The molecule has 6 nitrogen and oxygen atoms in total. The molecule has 4 heterocycles. The third-order valence-corrected chi connectivity index (χ3v) is 6.66. The molecule has 0 atom stereocenters. The van der Waals surface area contributed by atoms with Crippen molar-refractivity contribution in [3.8, 4) is 11.6 Å². The molecule has 0 spiro atoms. The van der Waals surface area contributed by atoms with E-state index in [1.54, 1.807) is 10.6 Å². The maximum Gasteiger partial charge on any atom is 2.00 e. The average molecular weight is 706 g/mol. The summed E-state index contributed by atoms with van der Waals surface area (Å²) in [7, 11) is 0. The normalized spacial score (nSPS) is 12.2. The average Bonchev–Trinajstić information content (AvgIpc) is 3.52. The van der Waals surface area contributed by atoms with Crippen LogP contribution in [-0.4, -0.2) is 29.1 Å². The molecular formula is C29H21F3N6Pt. The van der Waals surface area contributed by atoms with E-state index >= 15 is 0 Å². The Morgan fingerprint density at radius 1 is 0.692 bits per heavy atom. The number of aromatic nitrogens is 6. The van der Waals surface area contributed by atoms with E-state index in [2.05, 4.69) is 22.6 Å². The van der Waals surface area contributed by atoms with Gasteiger partial charge in [-0.1, -0.05) is 77.3 Å². The first-order valence-electron chi connectivity index (χ1n) is 11.9. The number of pyridine rings is 2. The standard InChI is InChI=1S/C29H21F3N6.Pt/c1-18-10-12-22-20(14-18)33-16-37(22)26-8-4-6-24(35-26)28(2,3)25-7-5-9-27(36-25)38-17-34-21-15-19(29(30,31)32)11-13-23(21)38;/h4-15H,1-3H3;/q-2;+2. The fourth-order valence-corrected chi connectivity index (χ4v) is 4.48. The van der Waals surface area contributed by atoms with E-state index in [0.29, 0.717) is 17.2 Å². The van der Waals surface area contributed by atoms with Gasteiger partial charge in [0.25, 0.3) is 0 Å². The summed E-state index contributed by atoms with van der Waals surface area (Å²) in [4.78, 5) is 18.2. The third kappa shape index (κ3) is 4.76. The SMILES string of the molecule is Cc1ccc2c(c1)n[c-]n2-c1cccc(C(C)(C)c2cccc(-n3[c-]nc4cc(C(F)(F)F)ccc43)n2)n1.[Pt+2]. The van der Waals surface area contributed by atoms with Gasteiger partial charge in [0, 0.05) is 35.0 Å². The molecule has 6 aromatic rings. The maximum atomic E-state index is 13.1. The van der Waals surface area contributed by atoms with Gasteiger partial charge in [-0.15, -0.1) is 0 Å². The molecule has 0 aliphatic heterocycles. The summed E-state index contributed by atoms with van der Waals surface area (Å²) in [6, 6.07) is 20.8. The smallest absolute Gasteiger partial charge is 0.411 e. The van der Waals surface area contributed by atoms with Crippen molar-refractivity contribution in [3.63, 3.8) is 0 Å². The first kappa shape index (κ1) is 26.8. The number of nitrogens with zero attached hydrogens (tertiary/aromatic N) is 6. The number of rotatable bonds is 4. The molecule has 6 rings (SSSR count). The second kappa shape index (κ2) is 9.72. The molecule has 0 fully saturated rings. The van der Waals surface area contributed by atoms with Gasteiger partial charge in [0.2, 0.25) is 0 Å². The molecule has 0 aliphatic rings. The molecule has 10 heteroatoms. The van der Waals surface area contributed by atoms with Crippen LogP contribution in [0.3, 0.4) is 0 Å². The Hall–Kier alpha value is -3.84. The number of fused-ring (bicyclic) bond motifs is 2. The first-order chi connectivity index (χ1) is 18.1. The number of benzene rings is 2. The maximum absolute atomic E-state index is 13.1. The topological polar surface area (TPSA) is 61.4 Å². The Morgan fingerprint density at radius 2 is 1.21 bits per heavy atom. The largest absolute Gasteiger partial charge is 2.00 e. The summed E-state index contributed by atoms with van der Waals surface area (Å²) in [6.07, 6.45) is 1.38. The summed E-state index contributed by atoms with van der Waals surface area (Å²) in [5.74, 6) is 1.19. The van der Waals surface area contributed by atoms with Crippen molar-refractivity contribution >= 4 is 22.1 Å². The van der Waals surface area contributed by atoms with Gasteiger partial charge in [-0.2, -0.15) is 13.2 Å². The fourth-order valence-electron chi connectivity index (χ4n) is 4.48. The van der Waals surface area contributed by atoms with Crippen LogP contribution in [-0.2, 0) is 32.7 Å². The van der Waals surface area contributed by atoms with E-state index in [-0.39, 0.29) is 26.6 Å². The van der Waals surface area contributed by atoms with Crippen molar-refractivity contribution in [1.29, 1.82) is 0 Å². The summed E-state index contributed by atoms with van der Waals surface area (Å²) < 4.78 is 42.8. The Labute approximate surface area is 236 Å². The number of imidazole rings is 2. The Kier molecular flexibility index (Phi) is 6.67. The van der Waals surface area contributed by atoms with Crippen LogP contribution >= 0.6 is 0 Å². The predicted molar refractivity (Wildman–Crippen MR) is 137 cm³/mol. The van der Waals surface area contributed by atoms with E-state index < -0.39 is 17.2 Å². The van der Waals surface area contributed by atoms with Crippen LogP contribution in [0, 0.1) is 19.6 Å². The third-order valence-electron chi connectivity index (χ3n) is 6.66. The van der Waals surface area contributed by atoms with Gasteiger partial charge in [0.1, 0.15) is 0 Å². The second-order valence-corrected chi connectivity index (χ2v) is 9.67. The summed E-state index contributed by atoms with van der Waals surface area (Å²) >= 11 is 0. The van der Waals surface area contributed by atoms with Gasteiger partial charge in [-0.25, -0.2) is 0 Å². The van der Waals surface area contributed by atoms with Crippen molar-refractivity contribution in [1.82, 2.24) is 29.1 Å². The van der Waals surface area contributed by atoms with E-state index in [1.807, 2.05) is 73.9 Å². The zero-order valence-electron chi connectivity index (χ0n) is 21.1. The van der Waals surface area contributed by atoms with E-state index in [1.165, 1.54) is 6.07 Å². The number of halogens is 3. The Morgan fingerprint density at radius 3 is 1.74 bits per heavy atom. The van der Waals surface area contributed by atoms with Gasteiger partial charge in [0.15, 0.2) is 0 Å². The molecule has 4 aromatic heterocycles. The molecule has 39 heavy (non-hydrogen) atoms. The molecule has 198 valence electrons. The molecule has 0 N–H and O–H groups in total. The zero-order chi connectivity index (χ0) is 26.7. The van der Waals surface area contributed by atoms with Crippen LogP contribution in [0.5, 0.6) is 0 Å². The van der Waals surface area contributed by atoms with Crippen LogP contribution < -0.4 is 0 Å². The Bertz CT molecular complexity index is 1820. The second-order valence-electron chi connectivity index (χ2n) is 9.67. The van der Waals surface area contributed by atoms with Crippen LogP contribution in [0.15, 0.2) is 72.8 Å². The van der Waals surface area contributed by atoms with Crippen molar-refractivity contribution in [2.24, 2.45) is 0 Å². The van der Waals surface area contributed by atoms with E-state index in [9.17, 15) is 13.2 Å². The van der Waals surface area contributed by atoms with Gasteiger partial charge in [-0.05, 0) is 43.9 Å². The van der Waals surface area contributed by atoms with Crippen molar-refractivity contribution in [3.05, 3.63) is 108 Å². The first-order valence-corrected chi connectivity index (χ1v) is 11.9. The molecule has 0 saturated heterocycles. The minimum atomic E-state index is -4.44. The van der Waals surface area contributed by atoms with Gasteiger partial charge in [-0.3, -0.25) is 9.97 Å². The van der Waals surface area contributed by atoms with Gasteiger partial charge in [0.05, 0.1) is 11.6 Å². The summed E-state index contributed by atoms with van der Waals surface area (Å²) in [5.41, 5.74) is 3.72. The number of alkyl halides is 3. The molecule has 0 bridgehead atoms. The molecule has 0 saturated carbocycles. The van der Waals surface area contributed by atoms with Gasteiger partial charge < -0.3 is 19.1 Å². The molecular weight excluding hydrogens is 684 g/mol. The summed E-state index contributed by atoms with van der Waals surface area (Å²) in [6.45, 7) is 6.07. The summed E-state index contributed by atoms with van der Waals surface area (Å²) in [5, 5.41) is 0. The number of aryl methyl sites for hydroxylation is 1. The van der Waals surface area contributed by atoms with E-state index in [0.717, 1.165) is 40.1 Å². The predicted octanol–water partition coefficient (Wildman–Crippen LogP) is 6.41. The van der Waals surface area contributed by atoms with Gasteiger partial charge >= 0.3 is 27.2 Å². The van der Waals surface area contributed by atoms with Crippen molar-refractivity contribution < 1.29 is 34.2 Å². The van der Waals surface area contributed by atoms with E-state index in [4.69, 9.17) is 9.97 Å². The molecule has 0 aliphatic carbocycles. The molecule has 0 unspecified atom stereocenters. The monoisotopic (exact) mass is 705 g/mol. The number of hydrogen-bond acceptors (Lipinski definition) is 4. The van der Waals surface area contributed by atoms with Crippen molar-refractivity contribution in [2.75, 3.05) is 0 Å².